The third-order valence-electron chi connectivity index (χ3n) is 12.7. The van der Waals surface area contributed by atoms with E-state index in [0.29, 0.717) is 19.3 Å². The molecule has 0 amide bonds. The molecular weight excluding hydrogens is 961 g/mol. The van der Waals surface area contributed by atoms with Gasteiger partial charge in [-0.1, -0.05) is 262 Å². The van der Waals surface area contributed by atoms with E-state index in [2.05, 4.69) is 179 Å². The molecule has 0 aliphatic carbocycles. The van der Waals surface area contributed by atoms with Crippen LogP contribution in [-0.2, 0) is 28.6 Å². The van der Waals surface area contributed by atoms with Gasteiger partial charge in [0.1, 0.15) is 13.2 Å². The highest BCUT2D eigenvalue weighted by molar-refractivity contribution is 5.71. The third-order valence-corrected chi connectivity index (χ3v) is 12.7. The average molecular weight is 1080 g/mol. The quantitative estimate of drug-likeness (QED) is 0.0261. The number of rotatable bonds is 55. The van der Waals surface area contributed by atoms with Crippen LogP contribution < -0.4 is 0 Å². The number of carbonyl (C=O) groups is 3. The van der Waals surface area contributed by atoms with Crippen LogP contribution in [-0.4, -0.2) is 37.2 Å². The van der Waals surface area contributed by atoms with E-state index in [1.807, 2.05) is 0 Å². The van der Waals surface area contributed by atoms with Crippen molar-refractivity contribution < 1.29 is 28.6 Å². The molecule has 438 valence electrons. The summed E-state index contributed by atoms with van der Waals surface area (Å²) in [5.74, 6) is -0.988. The van der Waals surface area contributed by atoms with Gasteiger partial charge in [-0.3, -0.25) is 14.4 Å². The summed E-state index contributed by atoms with van der Waals surface area (Å²) in [7, 11) is 0. The Bertz CT molecular complexity index is 1760. The molecule has 0 aromatic heterocycles. The van der Waals surface area contributed by atoms with Crippen LogP contribution in [0.3, 0.4) is 0 Å². The number of hydrogen-bond acceptors (Lipinski definition) is 6. The van der Waals surface area contributed by atoms with Crippen molar-refractivity contribution in [1.29, 1.82) is 0 Å². The van der Waals surface area contributed by atoms with Crippen LogP contribution in [0.25, 0.3) is 0 Å². The minimum Gasteiger partial charge on any atom is -0.462 e. The Morgan fingerprint density at radius 3 is 0.833 bits per heavy atom. The van der Waals surface area contributed by atoms with Gasteiger partial charge in [-0.2, -0.15) is 0 Å². The summed E-state index contributed by atoms with van der Waals surface area (Å²) >= 11 is 0. The lowest BCUT2D eigenvalue weighted by Gasteiger charge is -2.18. The van der Waals surface area contributed by atoms with Gasteiger partial charge in [0.05, 0.1) is 0 Å². The van der Waals surface area contributed by atoms with Gasteiger partial charge in [-0.25, -0.2) is 0 Å². The fourth-order valence-electron chi connectivity index (χ4n) is 8.11. The molecule has 1 unspecified atom stereocenters. The Labute approximate surface area is 480 Å². The minimum absolute atomic E-state index is 0.110. The van der Waals surface area contributed by atoms with E-state index in [4.69, 9.17) is 14.2 Å². The molecule has 0 rings (SSSR count). The van der Waals surface area contributed by atoms with E-state index in [9.17, 15) is 14.4 Å². The second-order valence-corrected chi connectivity index (χ2v) is 20.2. The van der Waals surface area contributed by atoms with Crippen molar-refractivity contribution >= 4 is 17.9 Å². The molecule has 0 radical (unpaired) electrons. The van der Waals surface area contributed by atoms with Crippen molar-refractivity contribution in [3.8, 4) is 0 Å². The molecule has 0 heterocycles. The van der Waals surface area contributed by atoms with E-state index in [1.54, 1.807) is 0 Å². The Morgan fingerprint density at radius 2 is 0.513 bits per heavy atom. The highest BCUT2D eigenvalue weighted by Crippen LogP contribution is 2.15. The summed E-state index contributed by atoms with van der Waals surface area (Å²) in [5.41, 5.74) is 0. The Hall–Kier alpha value is -4.97. The fraction of sp³-hybridized carbons (Fsp3) is 0.597. The fourth-order valence-corrected chi connectivity index (χ4v) is 8.11. The van der Waals surface area contributed by atoms with Crippen LogP contribution >= 0.6 is 0 Å². The molecule has 0 aromatic rings. The predicted octanol–water partition coefficient (Wildman–Crippen LogP) is 21.7. The first-order valence-corrected chi connectivity index (χ1v) is 31.5. The molecule has 78 heavy (non-hydrogen) atoms. The maximum atomic E-state index is 12.8. The van der Waals surface area contributed by atoms with Crippen LogP contribution in [0.5, 0.6) is 0 Å². The van der Waals surface area contributed by atoms with Gasteiger partial charge >= 0.3 is 17.9 Å². The van der Waals surface area contributed by atoms with Crippen molar-refractivity contribution in [3.05, 3.63) is 158 Å². The van der Waals surface area contributed by atoms with Crippen LogP contribution in [0.1, 0.15) is 258 Å². The van der Waals surface area contributed by atoms with Gasteiger partial charge in [0.2, 0.25) is 0 Å². The Balaban J connectivity index is 4.26. The lowest BCUT2D eigenvalue weighted by atomic mass is 10.0. The number of unbranched alkanes of at least 4 members (excludes halogenated alkanes) is 18. The summed E-state index contributed by atoms with van der Waals surface area (Å²) in [6, 6.07) is 0. The second-order valence-electron chi connectivity index (χ2n) is 20.2. The highest BCUT2D eigenvalue weighted by Gasteiger charge is 2.19. The summed E-state index contributed by atoms with van der Waals surface area (Å²) < 4.78 is 16.8. The van der Waals surface area contributed by atoms with Gasteiger partial charge in [0.15, 0.2) is 6.10 Å². The van der Waals surface area contributed by atoms with Crippen molar-refractivity contribution in [1.82, 2.24) is 0 Å². The Morgan fingerprint density at radius 1 is 0.269 bits per heavy atom. The molecule has 0 aromatic carbocycles. The number of ether oxygens (including phenoxy) is 3. The third kappa shape index (κ3) is 61.9. The van der Waals surface area contributed by atoms with Crippen molar-refractivity contribution in [2.75, 3.05) is 13.2 Å². The number of hydrogen-bond donors (Lipinski definition) is 0. The summed E-state index contributed by atoms with van der Waals surface area (Å²) in [6.45, 7) is 6.28. The molecule has 0 aliphatic heterocycles. The molecule has 0 saturated carbocycles. The van der Waals surface area contributed by atoms with Crippen molar-refractivity contribution in [2.24, 2.45) is 0 Å². The van der Waals surface area contributed by atoms with E-state index >= 15 is 0 Å². The van der Waals surface area contributed by atoms with E-state index in [0.717, 1.165) is 141 Å². The predicted molar refractivity (Wildman–Crippen MR) is 338 cm³/mol. The first-order valence-electron chi connectivity index (χ1n) is 31.5. The van der Waals surface area contributed by atoms with Gasteiger partial charge < -0.3 is 14.2 Å². The molecule has 0 N–H and O–H groups in total. The van der Waals surface area contributed by atoms with E-state index in [1.165, 1.54) is 70.6 Å². The molecule has 0 saturated heterocycles. The monoisotopic (exact) mass is 1070 g/mol. The SMILES string of the molecule is CC/C=C\C/C=C\C/C=C\C/C=C\C/C=C\C/C=C\C/C=C\CCCCCCCCCCCCCC(=O)OCC(COC(=O)CCCCCCC/C=C\CCC)OC(=O)CCC/C=C\C/C=C\C/C=C\C/C=C\C/C=C\CC. The Kier molecular flexibility index (Phi) is 60.4. The summed E-state index contributed by atoms with van der Waals surface area (Å²) in [4.78, 5) is 38.1. The molecule has 0 bridgehead atoms. The van der Waals surface area contributed by atoms with Crippen LogP contribution in [0.2, 0.25) is 0 Å². The largest absolute Gasteiger partial charge is 0.462 e. The van der Waals surface area contributed by atoms with Crippen LogP contribution in [0.15, 0.2) is 158 Å². The number of allylic oxidation sites excluding steroid dienone is 26. The van der Waals surface area contributed by atoms with Gasteiger partial charge in [0, 0.05) is 19.3 Å². The van der Waals surface area contributed by atoms with E-state index < -0.39 is 6.10 Å². The highest BCUT2D eigenvalue weighted by atomic mass is 16.6. The van der Waals surface area contributed by atoms with Gasteiger partial charge in [-0.15, -0.1) is 0 Å². The smallest absolute Gasteiger partial charge is 0.306 e. The molecule has 0 fully saturated rings. The zero-order valence-corrected chi connectivity index (χ0v) is 50.1. The second kappa shape index (κ2) is 64.6. The zero-order chi connectivity index (χ0) is 56.4. The lowest BCUT2D eigenvalue weighted by Crippen LogP contribution is -2.30. The van der Waals surface area contributed by atoms with E-state index in [-0.39, 0.29) is 37.5 Å². The van der Waals surface area contributed by atoms with Gasteiger partial charge in [0.25, 0.3) is 0 Å². The normalized spacial score (nSPS) is 13.2. The average Bonchev–Trinajstić information content (AvgIpc) is 3.44. The maximum absolute atomic E-state index is 12.8. The summed E-state index contributed by atoms with van der Waals surface area (Å²) in [5, 5.41) is 0. The molecular formula is C72H114O6. The molecule has 6 nitrogen and oxygen atoms in total. The topological polar surface area (TPSA) is 78.9 Å². The standard InChI is InChI=1S/C72H114O6/c1-4-7-10-13-16-19-22-24-26-28-29-30-31-32-33-34-35-36-37-38-39-40-41-42-43-45-46-48-50-53-56-59-62-65-71(74)77-68-69(67-76-70(73)64-61-58-55-52-21-18-15-12-9-6-3)78-72(75)66-63-60-57-54-51-49-47-44-27-25-23-20-17-14-11-8-5-2/h7-8,10-12,15-17,19-20,24-27,29-30,32-33,35-36,38-39,47,49,54,57,69H,4-6,9,13-14,18,21-23,28,31,34,37,40-46,48,50-53,55-56,58-68H2,1-3H3/b10-7-,11-8-,15-12-,19-16-,20-17-,26-24-,27-25-,30-29-,33-32-,36-35-,39-38-,49-47-,57-54-. The van der Waals surface area contributed by atoms with Crippen LogP contribution in [0.4, 0.5) is 0 Å². The number of esters is 3. The van der Waals surface area contributed by atoms with Crippen LogP contribution in [0, 0.1) is 0 Å². The lowest BCUT2D eigenvalue weighted by molar-refractivity contribution is -0.167. The zero-order valence-electron chi connectivity index (χ0n) is 50.1. The first kappa shape index (κ1) is 73.0. The summed E-state index contributed by atoms with van der Waals surface area (Å²) in [6.07, 6.45) is 94.1. The molecule has 6 heteroatoms. The van der Waals surface area contributed by atoms with Gasteiger partial charge in [-0.05, 0) is 135 Å². The minimum atomic E-state index is -0.818. The molecule has 0 aliphatic rings. The first-order chi connectivity index (χ1) is 38.5. The van der Waals surface area contributed by atoms with Crippen molar-refractivity contribution in [3.63, 3.8) is 0 Å². The maximum Gasteiger partial charge on any atom is 0.306 e. The molecule has 0 spiro atoms. The molecule has 1 atom stereocenters. The van der Waals surface area contributed by atoms with Crippen molar-refractivity contribution in [2.45, 2.75) is 264 Å². The number of carbonyl (C=O) groups excluding carboxylic acids is 3.